The van der Waals surface area contributed by atoms with E-state index in [0.29, 0.717) is 12.1 Å². The number of ketones is 1. The van der Waals surface area contributed by atoms with E-state index in [2.05, 4.69) is 45.6 Å². The Bertz CT molecular complexity index is 1330. The minimum absolute atomic E-state index is 0.0185. The van der Waals surface area contributed by atoms with E-state index in [-0.39, 0.29) is 63.4 Å². The maximum absolute atomic E-state index is 12.1. The summed E-state index contributed by atoms with van der Waals surface area (Å²) < 4.78 is 10.3. The molecule has 0 aliphatic heterocycles. The van der Waals surface area contributed by atoms with Crippen LogP contribution in [0.3, 0.4) is 0 Å². The summed E-state index contributed by atoms with van der Waals surface area (Å²) in [5, 5.41) is 11.9. The largest absolute Gasteiger partial charge is 0.461 e. The van der Waals surface area contributed by atoms with Crippen LogP contribution < -0.4 is 26.6 Å². The van der Waals surface area contributed by atoms with E-state index in [1.807, 2.05) is 32.0 Å². The number of carbonyl (C=O) groups is 7. The first-order chi connectivity index (χ1) is 23.9. The standard InChI is InChI=1S/C27H39N5O9.C7H8.C2H6/c1-4-21(33)9-11-40-12-10-22(34)28-13-23(35)29-14-24(36)30-15-25(37)31-16-26(38)32-20-7-5-19(6-8-20)17-41-27(39)18(2)3;1-7-5-3-2-4-6-7;1-2/h5-8,18H,4,9-17H2,1-3H3,(H,28,34)(H,29,35)(H,30,36)(H,31,37)(H,32,38);2-6H,1H3;1-2H3. The summed E-state index contributed by atoms with van der Waals surface area (Å²) in [7, 11) is 0. The van der Waals surface area contributed by atoms with Crippen LogP contribution >= 0.6 is 0 Å². The lowest BCUT2D eigenvalue weighted by Crippen LogP contribution is -2.45. The van der Waals surface area contributed by atoms with Gasteiger partial charge in [-0.25, -0.2) is 0 Å². The van der Waals surface area contributed by atoms with Crippen molar-refractivity contribution in [2.75, 3.05) is 44.7 Å². The fourth-order valence-electron chi connectivity index (χ4n) is 3.37. The number of nitrogens with one attached hydrogen (secondary N) is 5. The summed E-state index contributed by atoms with van der Waals surface area (Å²) >= 11 is 0. The van der Waals surface area contributed by atoms with Crippen LogP contribution in [0.4, 0.5) is 5.69 Å². The molecule has 0 saturated heterocycles. The molecule has 0 bridgehead atoms. The monoisotopic (exact) mass is 699 g/mol. The lowest BCUT2D eigenvalue weighted by Gasteiger charge is -2.10. The Morgan fingerprint density at radius 3 is 1.58 bits per heavy atom. The van der Waals surface area contributed by atoms with Gasteiger partial charge in [0.2, 0.25) is 29.5 Å². The highest BCUT2D eigenvalue weighted by Crippen LogP contribution is 2.11. The highest BCUT2D eigenvalue weighted by atomic mass is 16.5. The average Bonchev–Trinajstić information content (AvgIpc) is 3.12. The van der Waals surface area contributed by atoms with Gasteiger partial charge in [-0.05, 0) is 24.6 Å². The molecule has 0 heterocycles. The molecule has 50 heavy (non-hydrogen) atoms. The third-order valence-electron chi connectivity index (χ3n) is 6.21. The van der Waals surface area contributed by atoms with E-state index in [1.54, 1.807) is 45.0 Å². The molecule has 0 aliphatic carbocycles. The maximum Gasteiger partial charge on any atom is 0.308 e. The molecule has 14 nitrogen and oxygen atoms in total. The molecule has 14 heteroatoms. The van der Waals surface area contributed by atoms with E-state index in [9.17, 15) is 33.6 Å². The molecule has 0 fully saturated rings. The number of esters is 1. The predicted octanol–water partition coefficient (Wildman–Crippen LogP) is 2.59. The van der Waals surface area contributed by atoms with Crippen LogP contribution in [-0.4, -0.2) is 80.7 Å². The molecule has 2 rings (SSSR count). The van der Waals surface area contributed by atoms with Gasteiger partial charge < -0.3 is 36.1 Å². The zero-order chi connectivity index (χ0) is 37.7. The van der Waals surface area contributed by atoms with Crippen molar-refractivity contribution < 1.29 is 43.0 Å². The summed E-state index contributed by atoms with van der Waals surface area (Å²) in [6.45, 7) is 10.3. The molecular weight excluding hydrogens is 646 g/mol. The number of ether oxygens (including phenoxy) is 2. The Kier molecular flexibility index (Phi) is 25.0. The average molecular weight is 700 g/mol. The first-order valence-electron chi connectivity index (χ1n) is 16.6. The van der Waals surface area contributed by atoms with Crippen LogP contribution in [-0.2, 0) is 49.6 Å². The summed E-state index contributed by atoms with van der Waals surface area (Å²) in [4.78, 5) is 82.0. The van der Waals surface area contributed by atoms with Crippen molar-refractivity contribution in [1.29, 1.82) is 0 Å². The number of carbonyl (C=O) groups excluding carboxylic acids is 7. The van der Waals surface area contributed by atoms with E-state index >= 15 is 0 Å². The Balaban J connectivity index is 0.00000232. The van der Waals surface area contributed by atoms with Gasteiger partial charge in [-0.3, -0.25) is 33.6 Å². The molecule has 0 atom stereocenters. The number of amides is 5. The predicted molar refractivity (Wildman–Crippen MR) is 190 cm³/mol. The van der Waals surface area contributed by atoms with Gasteiger partial charge in [0, 0.05) is 24.9 Å². The minimum atomic E-state index is -0.640. The van der Waals surface area contributed by atoms with Crippen molar-refractivity contribution in [3.05, 3.63) is 65.7 Å². The van der Waals surface area contributed by atoms with Gasteiger partial charge in [0.05, 0.1) is 45.3 Å². The number of aryl methyl sites for hydroxylation is 1. The van der Waals surface area contributed by atoms with Gasteiger partial charge in [0.25, 0.3) is 0 Å². The van der Waals surface area contributed by atoms with Crippen LogP contribution in [0.2, 0.25) is 0 Å². The van der Waals surface area contributed by atoms with E-state index in [1.165, 1.54) is 5.56 Å². The fourth-order valence-corrected chi connectivity index (χ4v) is 3.37. The smallest absolute Gasteiger partial charge is 0.308 e. The second kappa shape index (κ2) is 27.8. The van der Waals surface area contributed by atoms with Gasteiger partial charge >= 0.3 is 5.97 Å². The summed E-state index contributed by atoms with van der Waals surface area (Å²) in [5.41, 5.74) is 2.56. The second-order valence-corrected chi connectivity index (χ2v) is 10.8. The number of hydrogen-bond donors (Lipinski definition) is 5. The molecule has 0 radical (unpaired) electrons. The first kappa shape index (κ1) is 44.9. The Labute approximate surface area is 294 Å². The number of hydrogen-bond acceptors (Lipinski definition) is 9. The van der Waals surface area contributed by atoms with Crippen molar-refractivity contribution in [3.63, 3.8) is 0 Å². The minimum Gasteiger partial charge on any atom is -0.461 e. The third kappa shape index (κ3) is 24.1. The van der Waals surface area contributed by atoms with Gasteiger partial charge in [0.15, 0.2) is 0 Å². The van der Waals surface area contributed by atoms with Gasteiger partial charge in [-0.2, -0.15) is 0 Å². The van der Waals surface area contributed by atoms with Crippen LogP contribution in [0.15, 0.2) is 54.6 Å². The number of rotatable bonds is 19. The number of Topliss-reactive ketones (excluding diaryl/α,β-unsaturated/α-hetero) is 1. The third-order valence-corrected chi connectivity index (χ3v) is 6.21. The molecule has 5 amide bonds. The molecule has 0 aromatic heterocycles. The maximum atomic E-state index is 12.1. The van der Waals surface area contributed by atoms with Crippen molar-refractivity contribution in [3.8, 4) is 0 Å². The Hall–Kier alpha value is -5.11. The molecule has 5 N–H and O–H groups in total. The molecule has 2 aromatic carbocycles. The molecule has 0 saturated carbocycles. The molecule has 2 aromatic rings. The van der Waals surface area contributed by atoms with Crippen LogP contribution in [0.25, 0.3) is 0 Å². The van der Waals surface area contributed by atoms with Crippen LogP contribution in [0, 0.1) is 12.8 Å². The highest BCUT2D eigenvalue weighted by Gasteiger charge is 2.11. The van der Waals surface area contributed by atoms with E-state index in [0.717, 1.165) is 5.56 Å². The van der Waals surface area contributed by atoms with Gasteiger partial charge in [-0.1, -0.05) is 82.6 Å². The summed E-state index contributed by atoms with van der Waals surface area (Å²) in [6.07, 6.45) is 0.739. The quantitative estimate of drug-likeness (QED) is 0.108. The normalized spacial score (nSPS) is 9.82. The molecular formula is C36H53N5O9. The van der Waals surface area contributed by atoms with Crippen LogP contribution in [0.5, 0.6) is 0 Å². The molecule has 276 valence electrons. The summed E-state index contributed by atoms with van der Waals surface area (Å²) in [6, 6.07) is 16.9. The Morgan fingerprint density at radius 1 is 0.640 bits per heavy atom. The number of anilines is 1. The van der Waals surface area contributed by atoms with E-state index in [4.69, 9.17) is 9.47 Å². The molecule has 0 aliphatic rings. The lowest BCUT2D eigenvalue weighted by atomic mass is 10.2. The van der Waals surface area contributed by atoms with Crippen molar-refractivity contribution >= 4 is 47.0 Å². The second-order valence-electron chi connectivity index (χ2n) is 10.8. The van der Waals surface area contributed by atoms with Crippen molar-refractivity contribution in [2.24, 2.45) is 5.92 Å². The van der Waals surface area contributed by atoms with Gasteiger partial charge in [0.1, 0.15) is 12.4 Å². The lowest BCUT2D eigenvalue weighted by molar-refractivity contribution is -0.148. The fraction of sp³-hybridized carbons (Fsp3) is 0.472. The topological polar surface area (TPSA) is 198 Å². The first-order valence-corrected chi connectivity index (χ1v) is 16.6. The Morgan fingerprint density at radius 2 is 1.12 bits per heavy atom. The SMILES string of the molecule is CC.CCC(=O)CCOCCC(=O)NCC(=O)NCC(=O)NCC(=O)NCC(=O)Nc1ccc(COC(=O)C(C)C)cc1.Cc1ccccc1. The van der Waals surface area contributed by atoms with Crippen molar-refractivity contribution in [1.82, 2.24) is 21.3 Å². The molecule has 0 unspecified atom stereocenters. The van der Waals surface area contributed by atoms with Crippen molar-refractivity contribution in [2.45, 2.75) is 67.4 Å². The zero-order valence-electron chi connectivity index (χ0n) is 30.0. The highest BCUT2D eigenvalue weighted by molar-refractivity contribution is 5.95. The molecule has 0 spiro atoms. The number of benzene rings is 2. The van der Waals surface area contributed by atoms with E-state index < -0.39 is 42.6 Å². The summed E-state index contributed by atoms with van der Waals surface area (Å²) in [5.74, 6) is -3.23. The van der Waals surface area contributed by atoms with Gasteiger partial charge in [-0.15, -0.1) is 0 Å². The zero-order valence-corrected chi connectivity index (χ0v) is 30.0. The van der Waals surface area contributed by atoms with Crippen LogP contribution in [0.1, 0.15) is 65.0 Å².